The van der Waals surface area contributed by atoms with E-state index >= 15 is 0 Å². The van der Waals surface area contributed by atoms with Crippen LogP contribution in [0.3, 0.4) is 0 Å². The first-order chi connectivity index (χ1) is 11.5. The van der Waals surface area contributed by atoms with E-state index in [0.717, 1.165) is 45.2 Å². The number of primary amides is 1. The minimum absolute atomic E-state index is 0.0274. The van der Waals surface area contributed by atoms with Crippen molar-refractivity contribution < 1.29 is 9.59 Å². The third-order valence-electron chi connectivity index (χ3n) is 5.24. The fourth-order valence-electron chi connectivity index (χ4n) is 3.62. The van der Waals surface area contributed by atoms with Crippen LogP contribution in [0.25, 0.3) is 0 Å². The highest BCUT2D eigenvalue weighted by Crippen LogP contribution is 2.38. The molecule has 0 spiro atoms. The Morgan fingerprint density at radius 1 is 1.29 bits per heavy atom. The third kappa shape index (κ3) is 4.35. The normalized spacial score (nSPS) is 20.5. The number of carbonyl (C=O) groups excluding carboxylic acids is 2. The number of rotatable bonds is 6. The molecule has 0 aromatic heterocycles. The smallest absolute Gasteiger partial charge is 0.234 e. The molecular formula is C19H27N3O2. The summed E-state index contributed by atoms with van der Waals surface area (Å²) in [7, 11) is 0. The average Bonchev–Trinajstić information content (AvgIpc) is 3.26. The Morgan fingerprint density at radius 3 is 2.58 bits per heavy atom. The molecule has 0 unspecified atom stereocenters. The van der Waals surface area contributed by atoms with Crippen molar-refractivity contribution in [2.24, 2.45) is 11.7 Å². The van der Waals surface area contributed by atoms with E-state index in [9.17, 15) is 9.59 Å². The molecule has 0 radical (unpaired) electrons. The molecule has 2 amide bonds. The minimum Gasteiger partial charge on any atom is -0.369 e. The highest BCUT2D eigenvalue weighted by Gasteiger charge is 2.44. The number of benzene rings is 1. The van der Waals surface area contributed by atoms with Gasteiger partial charge in [0.2, 0.25) is 11.8 Å². The SMILES string of the molecule is Cc1cccc(CC2(NC(=O)CN3CCC(C(N)=O)CC3)CC2)c1. The van der Waals surface area contributed by atoms with Gasteiger partial charge in [0.1, 0.15) is 0 Å². The van der Waals surface area contributed by atoms with Gasteiger partial charge in [-0.15, -0.1) is 0 Å². The highest BCUT2D eigenvalue weighted by molar-refractivity contribution is 5.79. The topological polar surface area (TPSA) is 75.4 Å². The molecule has 24 heavy (non-hydrogen) atoms. The largest absolute Gasteiger partial charge is 0.369 e. The van der Waals surface area contributed by atoms with Crippen LogP contribution in [-0.2, 0) is 16.0 Å². The van der Waals surface area contributed by atoms with Crippen LogP contribution in [0.4, 0.5) is 0 Å². The summed E-state index contributed by atoms with van der Waals surface area (Å²) in [5.41, 5.74) is 7.85. The van der Waals surface area contributed by atoms with Crippen LogP contribution >= 0.6 is 0 Å². The average molecular weight is 329 g/mol. The molecular weight excluding hydrogens is 302 g/mol. The van der Waals surface area contributed by atoms with Crippen LogP contribution in [0, 0.1) is 12.8 Å². The number of hydrogen-bond acceptors (Lipinski definition) is 3. The number of piperidine rings is 1. The van der Waals surface area contributed by atoms with Gasteiger partial charge in [-0.05, 0) is 57.7 Å². The zero-order valence-electron chi connectivity index (χ0n) is 14.4. The number of aryl methyl sites for hydroxylation is 1. The lowest BCUT2D eigenvalue weighted by Crippen LogP contribution is -2.47. The third-order valence-corrected chi connectivity index (χ3v) is 5.24. The van der Waals surface area contributed by atoms with Crippen LogP contribution in [-0.4, -0.2) is 41.9 Å². The second-order valence-corrected chi connectivity index (χ2v) is 7.45. The van der Waals surface area contributed by atoms with E-state index in [-0.39, 0.29) is 23.3 Å². The first-order valence-corrected chi connectivity index (χ1v) is 8.84. The number of hydrogen-bond donors (Lipinski definition) is 2. The lowest BCUT2D eigenvalue weighted by molar-refractivity contribution is -0.124. The van der Waals surface area contributed by atoms with E-state index in [2.05, 4.69) is 41.4 Å². The molecule has 130 valence electrons. The van der Waals surface area contributed by atoms with E-state index in [1.807, 2.05) is 0 Å². The highest BCUT2D eigenvalue weighted by atomic mass is 16.2. The number of carbonyl (C=O) groups is 2. The van der Waals surface area contributed by atoms with Crippen molar-refractivity contribution in [3.8, 4) is 0 Å². The summed E-state index contributed by atoms with van der Waals surface area (Å²) in [5.74, 6) is -0.146. The van der Waals surface area contributed by atoms with Crippen LogP contribution in [0.2, 0.25) is 0 Å². The number of amides is 2. The molecule has 0 bridgehead atoms. The Hall–Kier alpha value is -1.88. The maximum absolute atomic E-state index is 12.4. The van der Waals surface area contributed by atoms with E-state index in [0.29, 0.717) is 6.54 Å². The molecule has 1 saturated carbocycles. The second-order valence-electron chi connectivity index (χ2n) is 7.45. The van der Waals surface area contributed by atoms with Crippen molar-refractivity contribution in [3.05, 3.63) is 35.4 Å². The summed E-state index contributed by atoms with van der Waals surface area (Å²) in [6.45, 7) is 4.05. The molecule has 1 aromatic rings. The van der Waals surface area contributed by atoms with Gasteiger partial charge in [0.05, 0.1) is 6.54 Å². The molecule has 1 heterocycles. The molecule has 2 fully saturated rings. The minimum atomic E-state index is -0.214. The van der Waals surface area contributed by atoms with Crippen molar-refractivity contribution in [3.63, 3.8) is 0 Å². The van der Waals surface area contributed by atoms with Gasteiger partial charge in [-0.1, -0.05) is 29.8 Å². The Bertz CT molecular complexity index is 617. The van der Waals surface area contributed by atoms with E-state index in [4.69, 9.17) is 5.73 Å². The van der Waals surface area contributed by atoms with Gasteiger partial charge in [-0.2, -0.15) is 0 Å². The Labute approximate surface area is 143 Å². The molecule has 0 atom stereocenters. The molecule has 5 nitrogen and oxygen atoms in total. The predicted octanol–water partition coefficient (Wildman–Crippen LogP) is 1.38. The Balaban J connectivity index is 1.47. The number of nitrogens with two attached hydrogens (primary N) is 1. The second kappa shape index (κ2) is 6.93. The van der Waals surface area contributed by atoms with Crippen molar-refractivity contribution >= 4 is 11.8 Å². The van der Waals surface area contributed by atoms with Gasteiger partial charge in [-0.3, -0.25) is 14.5 Å². The summed E-state index contributed by atoms with van der Waals surface area (Å²) in [4.78, 5) is 25.7. The standard InChI is InChI=1S/C19H27N3O2/c1-14-3-2-4-15(11-14)12-19(7-8-19)21-17(23)13-22-9-5-16(6-10-22)18(20)24/h2-4,11,16H,5-10,12-13H2,1H3,(H2,20,24)(H,21,23). The Kier molecular flexibility index (Phi) is 4.90. The molecule has 1 aromatic carbocycles. The first kappa shape index (κ1) is 17.0. The van der Waals surface area contributed by atoms with Crippen LogP contribution in [0.15, 0.2) is 24.3 Å². The van der Waals surface area contributed by atoms with Crippen molar-refractivity contribution in [1.82, 2.24) is 10.2 Å². The first-order valence-electron chi connectivity index (χ1n) is 8.84. The van der Waals surface area contributed by atoms with Gasteiger partial charge < -0.3 is 11.1 Å². The monoisotopic (exact) mass is 329 g/mol. The fourth-order valence-corrected chi connectivity index (χ4v) is 3.62. The molecule has 1 aliphatic heterocycles. The van der Waals surface area contributed by atoms with Crippen LogP contribution < -0.4 is 11.1 Å². The summed E-state index contributed by atoms with van der Waals surface area (Å²) in [6.07, 6.45) is 4.53. The fraction of sp³-hybridized carbons (Fsp3) is 0.579. The zero-order chi connectivity index (χ0) is 17.2. The van der Waals surface area contributed by atoms with Gasteiger partial charge in [0, 0.05) is 11.5 Å². The van der Waals surface area contributed by atoms with Gasteiger partial charge in [-0.25, -0.2) is 0 Å². The summed E-state index contributed by atoms with van der Waals surface area (Å²) >= 11 is 0. The molecule has 3 rings (SSSR count). The number of likely N-dealkylation sites (tertiary alicyclic amines) is 1. The van der Waals surface area contributed by atoms with Crippen molar-refractivity contribution in [1.29, 1.82) is 0 Å². The van der Waals surface area contributed by atoms with Gasteiger partial charge in [0.15, 0.2) is 0 Å². The van der Waals surface area contributed by atoms with Gasteiger partial charge >= 0.3 is 0 Å². The van der Waals surface area contributed by atoms with E-state index in [1.165, 1.54) is 11.1 Å². The van der Waals surface area contributed by atoms with Crippen LogP contribution in [0.5, 0.6) is 0 Å². The summed E-state index contributed by atoms with van der Waals surface area (Å²) in [6, 6.07) is 8.50. The Morgan fingerprint density at radius 2 is 2.00 bits per heavy atom. The van der Waals surface area contributed by atoms with E-state index < -0.39 is 0 Å². The molecule has 5 heteroatoms. The van der Waals surface area contributed by atoms with Gasteiger partial charge in [0.25, 0.3) is 0 Å². The predicted molar refractivity (Wildman–Crippen MR) is 93.3 cm³/mol. The maximum Gasteiger partial charge on any atom is 0.234 e. The lowest BCUT2D eigenvalue weighted by atomic mass is 9.96. The quantitative estimate of drug-likeness (QED) is 0.828. The maximum atomic E-state index is 12.4. The molecule has 1 saturated heterocycles. The van der Waals surface area contributed by atoms with Crippen LogP contribution in [0.1, 0.15) is 36.8 Å². The lowest BCUT2D eigenvalue weighted by Gasteiger charge is -2.30. The molecule has 3 N–H and O–H groups in total. The number of nitrogens with zero attached hydrogens (tertiary/aromatic N) is 1. The summed E-state index contributed by atoms with van der Waals surface area (Å²) < 4.78 is 0. The van der Waals surface area contributed by atoms with Crippen molar-refractivity contribution in [2.75, 3.05) is 19.6 Å². The zero-order valence-corrected chi connectivity index (χ0v) is 14.4. The van der Waals surface area contributed by atoms with Crippen molar-refractivity contribution in [2.45, 2.75) is 44.6 Å². The molecule has 2 aliphatic rings. The molecule has 1 aliphatic carbocycles. The van der Waals surface area contributed by atoms with E-state index in [1.54, 1.807) is 0 Å². The summed E-state index contributed by atoms with van der Waals surface area (Å²) in [5, 5.41) is 3.24. The number of nitrogens with one attached hydrogen (secondary N) is 1.